The number of benzene rings is 2. The summed E-state index contributed by atoms with van der Waals surface area (Å²) in [6.45, 7) is 5.01. The Kier molecular flexibility index (Phi) is 4.62. The number of aryl methyl sites for hydroxylation is 1. The molecule has 0 amide bonds. The van der Waals surface area contributed by atoms with E-state index in [4.69, 9.17) is 11.6 Å². The predicted molar refractivity (Wildman–Crippen MR) is 112 cm³/mol. The van der Waals surface area contributed by atoms with E-state index in [1.807, 2.05) is 18.2 Å². The smallest absolute Gasteiger partial charge is 0.225 e. The van der Waals surface area contributed by atoms with Crippen molar-refractivity contribution >= 4 is 44.7 Å². The van der Waals surface area contributed by atoms with E-state index in [9.17, 15) is 0 Å². The SMILES string of the molecule is CCN(c1cccc(C)c1)c1nc(Cl)nc2scc(-c3ccccc3)c12. The summed E-state index contributed by atoms with van der Waals surface area (Å²) in [4.78, 5) is 12.2. The topological polar surface area (TPSA) is 29.0 Å². The molecule has 0 radical (unpaired) electrons. The van der Waals surface area contributed by atoms with Gasteiger partial charge in [0.25, 0.3) is 0 Å². The van der Waals surface area contributed by atoms with Crippen LogP contribution >= 0.6 is 22.9 Å². The van der Waals surface area contributed by atoms with Crippen molar-refractivity contribution in [3.05, 3.63) is 70.8 Å². The highest BCUT2D eigenvalue weighted by Gasteiger charge is 2.20. The summed E-state index contributed by atoms with van der Waals surface area (Å²) >= 11 is 7.86. The minimum atomic E-state index is 0.278. The van der Waals surface area contributed by atoms with Crippen molar-refractivity contribution in [2.24, 2.45) is 0 Å². The Morgan fingerprint density at radius 2 is 1.85 bits per heavy atom. The molecular weight excluding hydrogens is 362 g/mol. The van der Waals surface area contributed by atoms with Crippen LogP contribution in [0.2, 0.25) is 5.28 Å². The second kappa shape index (κ2) is 7.06. The second-order valence-corrected chi connectivity index (χ2v) is 7.29. The maximum atomic E-state index is 6.26. The molecular formula is C21H18ClN3S. The molecule has 26 heavy (non-hydrogen) atoms. The number of hydrogen-bond donors (Lipinski definition) is 0. The van der Waals surface area contributed by atoms with Gasteiger partial charge in [0.1, 0.15) is 10.6 Å². The zero-order valence-corrected chi connectivity index (χ0v) is 16.2. The zero-order chi connectivity index (χ0) is 18.1. The number of aromatic nitrogens is 2. The van der Waals surface area contributed by atoms with Crippen LogP contribution in [0.3, 0.4) is 0 Å². The number of fused-ring (bicyclic) bond motifs is 1. The van der Waals surface area contributed by atoms with Crippen LogP contribution in [0.25, 0.3) is 21.3 Å². The Morgan fingerprint density at radius 3 is 2.58 bits per heavy atom. The lowest BCUT2D eigenvalue weighted by atomic mass is 10.1. The van der Waals surface area contributed by atoms with Crippen LogP contribution in [0.1, 0.15) is 12.5 Å². The summed E-state index contributed by atoms with van der Waals surface area (Å²) in [5, 5.41) is 3.47. The van der Waals surface area contributed by atoms with Gasteiger partial charge < -0.3 is 4.90 Å². The molecule has 0 bridgehead atoms. The van der Waals surface area contributed by atoms with Gasteiger partial charge in [-0.25, -0.2) is 4.98 Å². The molecule has 5 heteroatoms. The molecule has 3 nitrogen and oxygen atoms in total. The molecule has 0 aliphatic carbocycles. The Balaban J connectivity index is 1.97. The normalized spacial score (nSPS) is 11.0. The molecule has 0 fully saturated rings. The standard InChI is InChI=1S/C21H18ClN3S/c1-3-25(16-11-7-8-14(2)12-16)19-18-17(15-9-5-4-6-10-15)13-26-20(18)24-21(22)23-19/h4-13H,3H2,1-2H3. The van der Waals surface area contributed by atoms with E-state index in [1.54, 1.807) is 11.3 Å². The molecule has 0 aliphatic heterocycles. The maximum absolute atomic E-state index is 6.26. The van der Waals surface area contributed by atoms with Gasteiger partial charge in [-0.1, -0.05) is 42.5 Å². The second-order valence-electron chi connectivity index (χ2n) is 6.10. The van der Waals surface area contributed by atoms with Crippen LogP contribution < -0.4 is 4.90 Å². The largest absolute Gasteiger partial charge is 0.326 e. The number of halogens is 1. The number of rotatable bonds is 4. The molecule has 0 spiro atoms. The van der Waals surface area contributed by atoms with E-state index in [0.717, 1.165) is 39.4 Å². The minimum absolute atomic E-state index is 0.278. The lowest BCUT2D eigenvalue weighted by Gasteiger charge is -2.24. The van der Waals surface area contributed by atoms with Crippen LogP contribution in [0, 0.1) is 6.92 Å². The van der Waals surface area contributed by atoms with Crippen molar-refractivity contribution in [1.82, 2.24) is 9.97 Å². The van der Waals surface area contributed by atoms with Crippen molar-refractivity contribution in [3.63, 3.8) is 0 Å². The van der Waals surface area contributed by atoms with Crippen LogP contribution in [0.4, 0.5) is 11.5 Å². The average molecular weight is 380 g/mol. The molecule has 2 aromatic carbocycles. The fraction of sp³-hybridized carbons (Fsp3) is 0.143. The molecule has 4 rings (SSSR count). The Morgan fingerprint density at radius 1 is 1.04 bits per heavy atom. The summed E-state index contributed by atoms with van der Waals surface area (Å²) in [7, 11) is 0. The average Bonchev–Trinajstić information content (AvgIpc) is 3.07. The summed E-state index contributed by atoms with van der Waals surface area (Å²) in [6.07, 6.45) is 0. The van der Waals surface area contributed by atoms with Crippen LogP contribution in [-0.4, -0.2) is 16.5 Å². The summed E-state index contributed by atoms with van der Waals surface area (Å²) in [5.74, 6) is 0.855. The summed E-state index contributed by atoms with van der Waals surface area (Å²) in [6, 6.07) is 18.8. The fourth-order valence-electron chi connectivity index (χ4n) is 3.17. The third kappa shape index (κ3) is 3.06. The molecule has 0 saturated heterocycles. The highest BCUT2D eigenvalue weighted by Crippen LogP contribution is 2.40. The van der Waals surface area contributed by atoms with E-state index in [-0.39, 0.29) is 5.28 Å². The van der Waals surface area contributed by atoms with Crippen molar-refractivity contribution in [1.29, 1.82) is 0 Å². The van der Waals surface area contributed by atoms with E-state index in [1.165, 1.54) is 5.56 Å². The first-order valence-electron chi connectivity index (χ1n) is 8.51. The van der Waals surface area contributed by atoms with E-state index < -0.39 is 0 Å². The van der Waals surface area contributed by atoms with Crippen LogP contribution in [-0.2, 0) is 0 Å². The zero-order valence-electron chi connectivity index (χ0n) is 14.6. The van der Waals surface area contributed by atoms with Crippen molar-refractivity contribution in [2.75, 3.05) is 11.4 Å². The van der Waals surface area contributed by atoms with Gasteiger partial charge >= 0.3 is 0 Å². The van der Waals surface area contributed by atoms with Crippen LogP contribution in [0.5, 0.6) is 0 Å². The molecule has 2 aromatic heterocycles. The quantitative estimate of drug-likeness (QED) is 0.380. The van der Waals surface area contributed by atoms with Gasteiger partial charge in [-0.2, -0.15) is 4.98 Å². The lowest BCUT2D eigenvalue weighted by molar-refractivity contribution is 0.990. The first kappa shape index (κ1) is 17.0. The molecule has 0 atom stereocenters. The highest BCUT2D eigenvalue weighted by atomic mass is 35.5. The van der Waals surface area contributed by atoms with Crippen LogP contribution in [0.15, 0.2) is 60.0 Å². The Hall–Kier alpha value is -2.43. The van der Waals surface area contributed by atoms with Gasteiger partial charge in [0, 0.05) is 23.2 Å². The van der Waals surface area contributed by atoms with E-state index >= 15 is 0 Å². The van der Waals surface area contributed by atoms with Crippen molar-refractivity contribution in [2.45, 2.75) is 13.8 Å². The van der Waals surface area contributed by atoms with Gasteiger partial charge in [-0.05, 0) is 48.7 Å². The lowest BCUT2D eigenvalue weighted by Crippen LogP contribution is -2.18. The Labute approximate surface area is 161 Å². The fourth-order valence-corrected chi connectivity index (χ4v) is 4.33. The van der Waals surface area contributed by atoms with Crippen molar-refractivity contribution in [3.8, 4) is 11.1 Å². The third-order valence-electron chi connectivity index (χ3n) is 4.36. The molecule has 0 unspecified atom stereocenters. The molecule has 2 heterocycles. The number of thiophene rings is 1. The summed E-state index contributed by atoms with van der Waals surface area (Å²) < 4.78 is 0. The van der Waals surface area contributed by atoms with Gasteiger partial charge in [-0.3, -0.25) is 0 Å². The maximum Gasteiger partial charge on any atom is 0.225 e. The Bertz CT molecular complexity index is 1060. The van der Waals surface area contributed by atoms with Gasteiger partial charge in [0.2, 0.25) is 5.28 Å². The minimum Gasteiger partial charge on any atom is -0.326 e. The van der Waals surface area contributed by atoms with E-state index in [2.05, 4.69) is 70.5 Å². The molecule has 0 N–H and O–H groups in total. The predicted octanol–water partition coefficient (Wildman–Crippen LogP) is 6.48. The van der Waals surface area contributed by atoms with Crippen molar-refractivity contribution < 1.29 is 0 Å². The summed E-state index contributed by atoms with van der Waals surface area (Å²) in [5.41, 5.74) is 4.62. The highest BCUT2D eigenvalue weighted by molar-refractivity contribution is 7.17. The number of hydrogen-bond acceptors (Lipinski definition) is 4. The third-order valence-corrected chi connectivity index (χ3v) is 5.40. The molecule has 130 valence electrons. The van der Waals surface area contributed by atoms with Gasteiger partial charge in [0.05, 0.1) is 5.39 Å². The molecule has 0 saturated carbocycles. The van der Waals surface area contributed by atoms with Gasteiger partial charge in [-0.15, -0.1) is 11.3 Å². The first-order chi connectivity index (χ1) is 12.7. The number of nitrogens with zero attached hydrogens (tertiary/aromatic N) is 3. The number of anilines is 2. The van der Waals surface area contributed by atoms with Gasteiger partial charge in [0.15, 0.2) is 0 Å². The molecule has 0 aliphatic rings. The first-order valence-corrected chi connectivity index (χ1v) is 9.77. The monoisotopic (exact) mass is 379 g/mol. The molecule has 4 aromatic rings. The van der Waals surface area contributed by atoms with E-state index in [0.29, 0.717) is 0 Å².